The van der Waals surface area contributed by atoms with Gasteiger partial charge in [0.25, 0.3) is 0 Å². The topological polar surface area (TPSA) is 212 Å². The average molecular weight is 878 g/mol. The third-order valence-corrected chi connectivity index (χ3v) is 10.7. The number of ketones is 1. The summed E-state index contributed by atoms with van der Waals surface area (Å²) in [6.07, 6.45) is 35.5. The highest BCUT2D eigenvalue weighted by molar-refractivity contribution is 7.47. The number of rotatable bonds is 36. The van der Waals surface area contributed by atoms with Crippen LogP contribution in [0.3, 0.4) is 0 Å². The van der Waals surface area contributed by atoms with Crippen LogP contribution in [0.4, 0.5) is 0 Å². The molecule has 1 aliphatic carbocycles. The molecule has 0 aromatic heterocycles. The summed E-state index contributed by atoms with van der Waals surface area (Å²) in [7, 11) is -4.51. The lowest BCUT2D eigenvalue weighted by Crippen LogP contribution is -2.29. The fourth-order valence-corrected chi connectivity index (χ4v) is 7.18. The van der Waals surface area contributed by atoms with Gasteiger partial charge in [0.1, 0.15) is 12.4 Å². The second-order valence-electron chi connectivity index (χ2n) is 15.1. The predicted octanol–water partition coefficient (Wildman–Crippen LogP) is 8.39. The van der Waals surface area contributed by atoms with Crippen molar-refractivity contribution in [2.75, 3.05) is 26.4 Å². The number of phosphoric acid groups is 1. The van der Waals surface area contributed by atoms with Gasteiger partial charge in [-0.05, 0) is 64.2 Å². The largest absolute Gasteiger partial charge is 0.472 e. The highest BCUT2D eigenvalue weighted by atomic mass is 31.2. The van der Waals surface area contributed by atoms with Crippen molar-refractivity contribution in [3.63, 3.8) is 0 Å². The number of ether oxygens (including phenoxy) is 2. The average Bonchev–Trinajstić information content (AvgIpc) is 3.49. The standard InChI is InChI=1S/C47H76NO12P/c1-3-5-7-8-9-10-11-12-13-14-15-16-17-18-19-20-21-22-24-29-46(53)57-37-41(38-59-61(55,56)58-34-33-48)60-47(54)30-26-25-28-40(50)35-43-42(44(51)36-45(43)52)32-31-39(49)27-23-6-4-2/h5,7,9-10,12-13,15-16,18-19,21-22,31-32,39,41-45,49,51-52H,3-4,6,8,11,14,17,20,23-30,33-38,48H2,1-2H3,(H,55,56)/b7-5-,10-9-,13-12-,16-15-,19-18-,22-21-,32-31+/t39-,41+,42+,43+,44+,45-/m0/s1. The molecule has 0 radical (unpaired) electrons. The third kappa shape index (κ3) is 30.4. The van der Waals surface area contributed by atoms with Gasteiger partial charge in [0.15, 0.2) is 6.10 Å². The smallest absolute Gasteiger partial charge is 0.462 e. The normalized spacial score (nSPS) is 20.6. The number of aliphatic hydroxyl groups is 3. The van der Waals surface area contributed by atoms with Crippen molar-refractivity contribution >= 4 is 25.5 Å². The molecule has 1 unspecified atom stereocenters. The molecular weight excluding hydrogens is 801 g/mol. The summed E-state index contributed by atoms with van der Waals surface area (Å²) < 4.78 is 32.6. The monoisotopic (exact) mass is 878 g/mol. The molecule has 14 heteroatoms. The van der Waals surface area contributed by atoms with Crippen LogP contribution >= 0.6 is 7.82 Å². The molecular formula is C47H76NO12P. The van der Waals surface area contributed by atoms with Gasteiger partial charge in [-0.15, -0.1) is 0 Å². The number of hydrogen-bond acceptors (Lipinski definition) is 12. The molecule has 0 aromatic carbocycles. The maximum absolute atomic E-state index is 12.8. The van der Waals surface area contributed by atoms with E-state index in [0.717, 1.165) is 57.8 Å². The van der Waals surface area contributed by atoms with Gasteiger partial charge in [-0.1, -0.05) is 118 Å². The van der Waals surface area contributed by atoms with Crippen molar-refractivity contribution in [3.05, 3.63) is 85.1 Å². The Morgan fingerprint density at radius 3 is 1.92 bits per heavy atom. The van der Waals surface area contributed by atoms with E-state index in [2.05, 4.69) is 68.5 Å². The number of esters is 2. The number of allylic oxidation sites excluding steroid dienone is 12. The van der Waals surface area contributed by atoms with E-state index in [1.165, 1.54) is 0 Å². The van der Waals surface area contributed by atoms with Crippen molar-refractivity contribution in [2.24, 2.45) is 17.6 Å². The van der Waals surface area contributed by atoms with Gasteiger partial charge in [-0.3, -0.25) is 23.4 Å². The van der Waals surface area contributed by atoms with Crippen molar-refractivity contribution in [1.82, 2.24) is 0 Å². The zero-order valence-corrected chi connectivity index (χ0v) is 37.6. The van der Waals surface area contributed by atoms with Crippen molar-refractivity contribution in [3.8, 4) is 0 Å². The maximum atomic E-state index is 12.8. The lowest BCUT2D eigenvalue weighted by molar-refractivity contribution is -0.161. The van der Waals surface area contributed by atoms with E-state index in [-0.39, 0.29) is 51.0 Å². The molecule has 61 heavy (non-hydrogen) atoms. The number of aliphatic hydroxyl groups excluding tert-OH is 3. The Morgan fingerprint density at radius 1 is 0.738 bits per heavy atom. The fourth-order valence-electron chi connectivity index (χ4n) is 6.42. The first-order chi connectivity index (χ1) is 29.4. The summed E-state index contributed by atoms with van der Waals surface area (Å²) in [6.45, 7) is 2.96. The van der Waals surface area contributed by atoms with E-state index in [4.69, 9.17) is 24.3 Å². The quantitative estimate of drug-likeness (QED) is 0.0173. The van der Waals surface area contributed by atoms with Crippen LogP contribution in [0.5, 0.6) is 0 Å². The minimum Gasteiger partial charge on any atom is -0.462 e. The van der Waals surface area contributed by atoms with Gasteiger partial charge in [-0.2, -0.15) is 0 Å². The Bertz CT molecular complexity index is 1450. The Kier molecular flexibility index (Phi) is 33.1. The molecule has 0 saturated heterocycles. The molecule has 0 aromatic rings. The van der Waals surface area contributed by atoms with Gasteiger partial charge in [0.05, 0.1) is 31.5 Å². The minimum absolute atomic E-state index is 0.0205. The Morgan fingerprint density at radius 2 is 1.33 bits per heavy atom. The van der Waals surface area contributed by atoms with Crippen LogP contribution in [0, 0.1) is 11.8 Å². The predicted molar refractivity (Wildman–Crippen MR) is 240 cm³/mol. The molecule has 1 saturated carbocycles. The van der Waals surface area contributed by atoms with E-state index in [9.17, 15) is 39.2 Å². The van der Waals surface area contributed by atoms with E-state index in [1.54, 1.807) is 12.2 Å². The van der Waals surface area contributed by atoms with Crippen LogP contribution < -0.4 is 5.73 Å². The minimum atomic E-state index is -4.51. The molecule has 1 fully saturated rings. The number of carbonyl (C=O) groups is 3. The zero-order valence-electron chi connectivity index (χ0n) is 36.7. The van der Waals surface area contributed by atoms with Gasteiger partial charge < -0.3 is 35.4 Å². The summed E-state index contributed by atoms with van der Waals surface area (Å²) in [4.78, 5) is 47.9. The number of nitrogens with two attached hydrogens (primary N) is 1. The second kappa shape index (κ2) is 36.2. The van der Waals surface area contributed by atoms with Gasteiger partial charge in [0, 0.05) is 50.5 Å². The number of carbonyl (C=O) groups excluding carboxylic acids is 3. The lowest BCUT2D eigenvalue weighted by Gasteiger charge is -2.20. The summed E-state index contributed by atoms with van der Waals surface area (Å²) in [5.41, 5.74) is 5.33. The highest BCUT2D eigenvalue weighted by Gasteiger charge is 2.41. The van der Waals surface area contributed by atoms with E-state index in [0.29, 0.717) is 25.7 Å². The Hall–Kier alpha value is -3.26. The van der Waals surface area contributed by atoms with Crippen LogP contribution in [0.15, 0.2) is 85.1 Å². The van der Waals surface area contributed by atoms with Crippen LogP contribution in [0.25, 0.3) is 0 Å². The fraction of sp³-hybridized carbons (Fsp3) is 0.638. The van der Waals surface area contributed by atoms with Gasteiger partial charge in [0.2, 0.25) is 0 Å². The first-order valence-corrected chi connectivity index (χ1v) is 23.7. The first kappa shape index (κ1) is 55.8. The maximum Gasteiger partial charge on any atom is 0.472 e. The second-order valence-corrected chi connectivity index (χ2v) is 16.6. The molecule has 1 rings (SSSR count). The molecule has 13 nitrogen and oxygen atoms in total. The third-order valence-electron chi connectivity index (χ3n) is 9.76. The first-order valence-electron chi connectivity index (χ1n) is 22.2. The van der Waals surface area contributed by atoms with E-state index >= 15 is 0 Å². The van der Waals surface area contributed by atoms with Crippen LogP contribution in [-0.4, -0.2) is 88.7 Å². The summed E-state index contributed by atoms with van der Waals surface area (Å²) in [6, 6.07) is 0. The summed E-state index contributed by atoms with van der Waals surface area (Å²) >= 11 is 0. The van der Waals surface area contributed by atoms with Crippen molar-refractivity contribution in [2.45, 2.75) is 154 Å². The highest BCUT2D eigenvalue weighted by Crippen LogP contribution is 2.43. The SMILES string of the molecule is CC/C=C\C/C=C\C/C=C\C/C=C\C/C=C\C/C=C\CCC(=O)OC[C@H](COP(=O)(O)OCCN)OC(=O)CCCCC(=O)C[C@@H]1[C@@H](/C=C/[C@@H](O)CCCCC)[C@H](O)C[C@@H]1O. The van der Waals surface area contributed by atoms with Crippen LogP contribution in [0.2, 0.25) is 0 Å². The number of unbranched alkanes of at least 4 members (excludes halogenated alkanes) is 3. The van der Waals surface area contributed by atoms with Gasteiger partial charge in [-0.25, -0.2) is 4.57 Å². The molecule has 0 heterocycles. The molecule has 6 N–H and O–H groups in total. The number of phosphoric ester groups is 1. The molecule has 7 atom stereocenters. The molecule has 0 spiro atoms. The Balaban J connectivity index is 2.47. The van der Waals surface area contributed by atoms with Gasteiger partial charge >= 0.3 is 19.8 Å². The van der Waals surface area contributed by atoms with Crippen molar-refractivity contribution in [1.29, 1.82) is 0 Å². The molecule has 1 aliphatic rings. The van der Waals surface area contributed by atoms with Crippen LogP contribution in [-0.2, 0) is 37.5 Å². The van der Waals surface area contributed by atoms with E-state index in [1.807, 2.05) is 18.2 Å². The number of Topliss-reactive ketones (excluding diaryl/α,β-unsaturated/α-hetero) is 1. The summed E-state index contributed by atoms with van der Waals surface area (Å²) in [5.74, 6) is -2.27. The van der Waals surface area contributed by atoms with Crippen molar-refractivity contribution < 1.29 is 57.7 Å². The Labute approximate surface area is 365 Å². The zero-order chi connectivity index (χ0) is 45.0. The van der Waals surface area contributed by atoms with E-state index < -0.39 is 69.2 Å². The summed E-state index contributed by atoms with van der Waals surface area (Å²) in [5, 5.41) is 31.3. The van der Waals surface area contributed by atoms with Crippen LogP contribution in [0.1, 0.15) is 129 Å². The molecule has 0 aliphatic heterocycles. The number of hydrogen-bond donors (Lipinski definition) is 5. The lowest BCUT2D eigenvalue weighted by atomic mass is 9.87. The molecule has 0 bridgehead atoms. The molecule has 346 valence electrons. The molecule has 0 amide bonds.